The fourth-order valence-corrected chi connectivity index (χ4v) is 1.46. The van der Waals surface area contributed by atoms with Gasteiger partial charge in [0, 0.05) is 12.3 Å². The van der Waals surface area contributed by atoms with Crippen molar-refractivity contribution in [3.05, 3.63) is 35.1 Å². The Balaban J connectivity index is 2.39. The molecule has 0 amide bonds. The highest BCUT2D eigenvalue weighted by molar-refractivity contribution is 7.80. The third-order valence-electron chi connectivity index (χ3n) is 2.10. The van der Waals surface area contributed by atoms with E-state index in [1.165, 1.54) is 11.6 Å². The Kier molecular flexibility index (Phi) is 4.98. The fourth-order valence-electron chi connectivity index (χ4n) is 1.30. The molecule has 0 fully saturated rings. The predicted molar refractivity (Wildman–Crippen MR) is 61.6 cm³/mol. The van der Waals surface area contributed by atoms with Crippen molar-refractivity contribution >= 4 is 12.6 Å². The summed E-state index contributed by atoms with van der Waals surface area (Å²) in [4.78, 5) is 0. The van der Waals surface area contributed by atoms with Crippen molar-refractivity contribution in [2.45, 2.75) is 13.3 Å². The summed E-state index contributed by atoms with van der Waals surface area (Å²) in [7, 11) is 0. The van der Waals surface area contributed by atoms with E-state index in [4.69, 9.17) is 0 Å². The van der Waals surface area contributed by atoms with E-state index in [0.29, 0.717) is 0 Å². The molecule has 3 heteroatoms. The van der Waals surface area contributed by atoms with Crippen LogP contribution < -0.4 is 5.32 Å². The minimum Gasteiger partial charge on any atom is -0.316 e. The minimum atomic E-state index is -0.128. The fraction of sp³-hybridized carbons (Fsp3) is 0.455. The summed E-state index contributed by atoms with van der Waals surface area (Å²) in [6, 6.07) is 5.27. The number of thiol groups is 1. The van der Waals surface area contributed by atoms with Crippen LogP contribution >= 0.6 is 12.6 Å². The number of halogens is 1. The molecule has 0 saturated carbocycles. The van der Waals surface area contributed by atoms with Crippen molar-refractivity contribution in [1.29, 1.82) is 0 Å². The first-order valence-corrected chi connectivity index (χ1v) is 5.44. The second-order valence-electron chi connectivity index (χ2n) is 3.31. The second kappa shape index (κ2) is 6.04. The van der Waals surface area contributed by atoms with Crippen molar-refractivity contribution in [2.75, 3.05) is 18.8 Å². The van der Waals surface area contributed by atoms with E-state index in [9.17, 15) is 4.39 Å². The highest BCUT2D eigenvalue weighted by atomic mass is 32.1. The molecule has 0 aliphatic carbocycles. The molecular weight excluding hydrogens is 197 g/mol. The van der Waals surface area contributed by atoms with Crippen LogP contribution in [0, 0.1) is 12.7 Å². The van der Waals surface area contributed by atoms with E-state index in [2.05, 4.69) is 17.9 Å². The van der Waals surface area contributed by atoms with Gasteiger partial charge in [-0.05, 0) is 37.1 Å². The van der Waals surface area contributed by atoms with E-state index < -0.39 is 0 Å². The molecule has 0 spiro atoms. The molecule has 1 rings (SSSR count). The number of aryl methyl sites for hydroxylation is 1. The van der Waals surface area contributed by atoms with E-state index in [-0.39, 0.29) is 5.82 Å². The number of benzene rings is 1. The van der Waals surface area contributed by atoms with Crippen molar-refractivity contribution in [3.8, 4) is 0 Å². The van der Waals surface area contributed by atoms with Gasteiger partial charge in [-0.3, -0.25) is 0 Å². The first kappa shape index (κ1) is 11.5. The molecule has 0 heterocycles. The smallest absolute Gasteiger partial charge is 0.126 e. The average Bonchev–Trinajstić information content (AvgIpc) is 2.18. The lowest BCUT2D eigenvalue weighted by atomic mass is 10.1. The monoisotopic (exact) mass is 213 g/mol. The standard InChI is InChI=1S/C11H16FNS/c1-9-8-10(2-3-11(9)12)4-5-13-6-7-14/h2-3,8,13-14H,4-7H2,1H3. The molecule has 0 atom stereocenters. The molecule has 78 valence electrons. The van der Waals surface area contributed by atoms with Gasteiger partial charge in [0.2, 0.25) is 0 Å². The van der Waals surface area contributed by atoms with Gasteiger partial charge in [-0.2, -0.15) is 12.6 Å². The molecule has 1 aromatic rings. The van der Waals surface area contributed by atoms with Crippen LogP contribution in [-0.4, -0.2) is 18.8 Å². The Labute approximate surface area is 90.1 Å². The molecule has 0 radical (unpaired) electrons. The third-order valence-corrected chi connectivity index (χ3v) is 2.32. The summed E-state index contributed by atoms with van der Waals surface area (Å²) < 4.78 is 12.9. The van der Waals surface area contributed by atoms with Gasteiger partial charge in [-0.15, -0.1) is 0 Å². The summed E-state index contributed by atoms with van der Waals surface area (Å²) in [5, 5.41) is 3.25. The molecule has 0 aliphatic heterocycles. The lowest BCUT2D eigenvalue weighted by molar-refractivity contribution is 0.617. The molecule has 0 aromatic heterocycles. The summed E-state index contributed by atoms with van der Waals surface area (Å²) >= 11 is 4.10. The zero-order valence-corrected chi connectivity index (χ0v) is 9.28. The van der Waals surface area contributed by atoms with E-state index in [1.807, 2.05) is 12.1 Å². The van der Waals surface area contributed by atoms with E-state index in [0.717, 1.165) is 30.8 Å². The highest BCUT2D eigenvalue weighted by Gasteiger charge is 1.98. The molecule has 0 unspecified atom stereocenters. The Hall–Kier alpha value is -0.540. The van der Waals surface area contributed by atoms with Crippen LogP contribution in [0.3, 0.4) is 0 Å². The van der Waals surface area contributed by atoms with Crippen LogP contribution in [0.1, 0.15) is 11.1 Å². The quantitative estimate of drug-likeness (QED) is 0.564. The Morgan fingerprint density at radius 2 is 2.14 bits per heavy atom. The maximum atomic E-state index is 12.9. The molecular formula is C11H16FNS. The van der Waals surface area contributed by atoms with Crippen LogP contribution in [0.4, 0.5) is 4.39 Å². The number of rotatable bonds is 5. The molecule has 0 aliphatic rings. The predicted octanol–water partition coefficient (Wildman–Crippen LogP) is 2.20. The maximum absolute atomic E-state index is 12.9. The summed E-state index contributed by atoms with van der Waals surface area (Å²) in [6.07, 6.45) is 0.939. The van der Waals surface area contributed by atoms with E-state index in [1.54, 1.807) is 6.92 Å². The molecule has 0 bridgehead atoms. The number of nitrogens with one attached hydrogen (secondary N) is 1. The first-order chi connectivity index (χ1) is 6.74. The Morgan fingerprint density at radius 3 is 2.79 bits per heavy atom. The summed E-state index contributed by atoms with van der Waals surface area (Å²) in [6.45, 7) is 3.63. The zero-order chi connectivity index (χ0) is 10.4. The van der Waals surface area contributed by atoms with Crippen LogP contribution in [0.15, 0.2) is 18.2 Å². The Morgan fingerprint density at radius 1 is 1.36 bits per heavy atom. The lowest BCUT2D eigenvalue weighted by Crippen LogP contribution is -2.19. The SMILES string of the molecule is Cc1cc(CCNCCS)ccc1F. The first-order valence-electron chi connectivity index (χ1n) is 4.80. The number of hydrogen-bond acceptors (Lipinski definition) is 2. The molecule has 0 saturated heterocycles. The van der Waals surface area contributed by atoms with Gasteiger partial charge in [0.05, 0.1) is 0 Å². The summed E-state index contributed by atoms with van der Waals surface area (Å²) in [5.41, 5.74) is 1.90. The van der Waals surface area contributed by atoms with Gasteiger partial charge in [-0.25, -0.2) is 4.39 Å². The van der Waals surface area contributed by atoms with Gasteiger partial charge in [-0.1, -0.05) is 12.1 Å². The Bertz CT molecular complexity index is 289. The highest BCUT2D eigenvalue weighted by Crippen LogP contribution is 2.09. The van der Waals surface area contributed by atoms with Crippen LogP contribution in [0.25, 0.3) is 0 Å². The molecule has 14 heavy (non-hydrogen) atoms. The molecule has 1 N–H and O–H groups in total. The van der Waals surface area contributed by atoms with Crippen LogP contribution in [-0.2, 0) is 6.42 Å². The van der Waals surface area contributed by atoms with Gasteiger partial charge in [0.1, 0.15) is 5.82 Å². The zero-order valence-electron chi connectivity index (χ0n) is 8.39. The van der Waals surface area contributed by atoms with E-state index >= 15 is 0 Å². The average molecular weight is 213 g/mol. The second-order valence-corrected chi connectivity index (χ2v) is 3.75. The maximum Gasteiger partial charge on any atom is 0.126 e. The largest absolute Gasteiger partial charge is 0.316 e. The van der Waals surface area contributed by atoms with Gasteiger partial charge in [0.15, 0.2) is 0 Å². The van der Waals surface area contributed by atoms with Gasteiger partial charge >= 0.3 is 0 Å². The van der Waals surface area contributed by atoms with Crippen LogP contribution in [0.2, 0.25) is 0 Å². The minimum absolute atomic E-state index is 0.128. The van der Waals surface area contributed by atoms with Crippen LogP contribution in [0.5, 0.6) is 0 Å². The van der Waals surface area contributed by atoms with Crippen molar-refractivity contribution in [2.24, 2.45) is 0 Å². The third kappa shape index (κ3) is 3.68. The van der Waals surface area contributed by atoms with Crippen molar-refractivity contribution < 1.29 is 4.39 Å². The number of hydrogen-bond donors (Lipinski definition) is 2. The van der Waals surface area contributed by atoms with Crippen molar-refractivity contribution in [1.82, 2.24) is 5.32 Å². The van der Waals surface area contributed by atoms with Crippen molar-refractivity contribution in [3.63, 3.8) is 0 Å². The molecule has 1 aromatic carbocycles. The summed E-state index contributed by atoms with van der Waals surface area (Å²) in [5.74, 6) is 0.722. The molecule has 1 nitrogen and oxygen atoms in total. The van der Waals surface area contributed by atoms with Gasteiger partial charge < -0.3 is 5.32 Å². The normalized spacial score (nSPS) is 10.5. The topological polar surface area (TPSA) is 12.0 Å². The lowest BCUT2D eigenvalue weighted by Gasteiger charge is -2.04. The van der Waals surface area contributed by atoms with Gasteiger partial charge in [0.25, 0.3) is 0 Å².